The van der Waals surface area contributed by atoms with Gasteiger partial charge in [-0.3, -0.25) is 14.6 Å². The molecule has 1 amide bonds. The molecule has 1 unspecified atom stereocenters. The highest BCUT2D eigenvalue weighted by molar-refractivity contribution is 6.46. The maximum atomic E-state index is 12.9. The standard InChI is InChI=1S/C24H20N2O3/c1-16-9-11-18(12-10-16)21-20(22(27)19-7-3-2-4-8-19)23(28)24(29)26(21)15-17-6-5-13-25-14-17/h2-14,21,27H,15H2,1H3/b22-20-. The van der Waals surface area contributed by atoms with Crippen molar-refractivity contribution >= 4 is 17.4 Å². The van der Waals surface area contributed by atoms with Crippen LogP contribution in [0.25, 0.3) is 5.76 Å². The highest BCUT2D eigenvalue weighted by atomic mass is 16.3. The lowest BCUT2D eigenvalue weighted by Crippen LogP contribution is -2.29. The molecule has 0 spiro atoms. The summed E-state index contributed by atoms with van der Waals surface area (Å²) in [5, 5.41) is 10.9. The molecule has 3 aromatic rings. The zero-order valence-corrected chi connectivity index (χ0v) is 15.9. The van der Waals surface area contributed by atoms with Crippen LogP contribution in [0, 0.1) is 6.92 Å². The van der Waals surface area contributed by atoms with E-state index in [9.17, 15) is 14.7 Å². The number of hydrogen-bond acceptors (Lipinski definition) is 4. The summed E-state index contributed by atoms with van der Waals surface area (Å²) in [6, 6.07) is 19.4. The Morgan fingerprint density at radius 2 is 1.72 bits per heavy atom. The minimum atomic E-state index is -0.680. The summed E-state index contributed by atoms with van der Waals surface area (Å²) in [5.74, 6) is -1.47. The van der Waals surface area contributed by atoms with Crippen molar-refractivity contribution in [1.82, 2.24) is 9.88 Å². The van der Waals surface area contributed by atoms with E-state index in [4.69, 9.17) is 0 Å². The van der Waals surface area contributed by atoms with Crippen molar-refractivity contribution in [3.63, 3.8) is 0 Å². The number of aliphatic hydroxyl groups excluding tert-OH is 1. The zero-order chi connectivity index (χ0) is 20.4. The lowest BCUT2D eigenvalue weighted by atomic mass is 9.94. The first-order valence-electron chi connectivity index (χ1n) is 9.35. The maximum Gasteiger partial charge on any atom is 0.295 e. The van der Waals surface area contributed by atoms with Crippen LogP contribution in [-0.2, 0) is 16.1 Å². The highest BCUT2D eigenvalue weighted by Crippen LogP contribution is 2.40. The molecule has 2 aromatic carbocycles. The van der Waals surface area contributed by atoms with Crippen LogP contribution in [-0.4, -0.2) is 26.7 Å². The molecular weight excluding hydrogens is 364 g/mol. The number of carbonyl (C=O) groups excluding carboxylic acids is 2. The van der Waals surface area contributed by atoms with E-state index in [-0.39, 0.29) is 17.9 Å². The van der Waals surface area contributed by atoms with Crippen LogP contribution < -0.4 is 0 Å². The number of likely N-dealkylation sites (tertiary alicyclic amines) is 1. The van der Waals surface area contributed by atoms with Crippen LogP contribution in [0.3, 0.4) is 0 Å². The van der Waals surface area contributed by atoms with Gasteiger partial charge in [-0.1, -0.05) is 66.2 Å². The minimum Gasteiger partial charge on any atom is -0.507 e. The largest absolute Gasteiger partial charge is 0.507 e. The topological polar surface area (TPSA) is 70.5 Å². The Morgan fingerprint density at radius 1 is 1.00 bits per heavy atom. The quantitative estimate of drug-likeness (QED) is 0.419. The van der Waals surface area contributed by atoms with Crippen LogP contribution in [0.15, 0.2) is 84.7 Å². The number of benzene rings is 2. The van der Waals surface area contributed by atoms with Gasteiger partial charge >= 0.3 is 0 Å². The van der Waals surface area contributed by atoms with Gasteiger partial charge in [-0.2, -0.15) is 0 Å². The fourth-order valence-corrected chi connectivity index (χ4v) is 3.58. The Labute approximate surface area is 169 Å². The third-order valence-electron chi connectivity index (χ3n) is 5.06. The summed E-state index contributed by atoms with van der Waals surface area (Å²) in [6.07, 6.45) is 3.33. The molecule has 1 aliphatic heterocycles. The molecule has 1 aliphatic rings. The van der Waals surface area contributed by atoms with Gasteiger partial charge in [0.15, 0.2) is 0 Å². The van der Waals surface area contributed by atoms with Crippen LogP contribution >= 0.6 is 0 Å². The first-order chi connectivity index (χ1) is 14.1. The molecule has 29 heavy (non-hydrogen) atoms. The second-order valence-electron chi connectivity index (χ2n) is 7.06. The lowest BCUT2D eigenvalue weighted by Gasteiger charge is -2.25. The second kappa shape index (κ2) is 7.72. The van der Waals surface area contributed by atoms with Crippen LogP contribution in [0.5, 0.6) is 0 Å². The van der Waals surface area contributed by atoms with Gasteiger partial charge in [0, 0.05) is 24.5 Å². The normalized spacial score (nSPS) is 18.2. The Hall–Kier alpha value is -3.73. The van der Waals surface area contributed by atoms with Gasteiger partial charge in [0.05, 0.1) is 11.6 Å². The van der Waals surface area contributed by atoms with Crippen molar-refractivity contribution in [2.75, 3.05) is 0 Å². The predicted octanol–water partition coefficient (Wildman–Crippen LogP) is 4.01. The van der Waals surface area contributed by atoms with Crippen molar-refractivity contribution in [3.8, 4) is 0 Å². The average Bonchev–Trinajstić information content (AvgIpc) is 3.00. The monoisotopic (exact) mass is 384 g/mol. The second-order valence-corrected chi connectivity index (χ2v) is 7.06. The van der Waals surface area contributed by atoms with E-state index in [1.807, 2.05) is 43.3 Å². The molecule has 0 saturated carbocycles. The van der Waals surface area contributed by atoms with Gasteiger partial charge in [0.25, 0.3) is 11.7 Å². The summed E-state index contributed by atoms with van der Waals surface area (Å²) < 4.78 is 0. The van der Waals surface area contributed by atoms with Gasteiger partial charge in [0.2, 0.25) is 0 Å². The fourth-order valence-electron chi connectivity index (χ4n) is 3.58. The number of ketones is 1. The number of aromatic nitrogens is 1. The maximum absolute atomic E-state index is 12.9. The van der Waals surface area contributed by atoms with Gasteiger partial charge in [-0.05, 0) is 24.1 Å². The number of Topliss-reactive ketones (excluding diaryl/α,β-unsaturated/α-hetero) is 1. The van der Waals surface area contributed by atoms with Gasteiger partial charge in [-0.25, -0.2) is 0 Å². The Morgan fingerprint density at radius 3 is 2.38 bits per heavy atom. The molecule has 2 heterocycles. The van der Waals surface area contributed by atoms with Gasteiger partial charge < -0.3 is 10.0 Å². The number of hydrogen-bond donors (Lipinski definition) is 1. The molecule has 1 aromatic heterocycles. The molecule has 0 radical (unpaired) electrons. The van der Waals surface area contributed by atoms with Gasteiger partial charge in [0.1, 0.15) is 5.76 Å². The zero-order valence-electron chi connectivity index (χ0n) is 15.9. The molecule has 0 bridgehead atoms. The molecular formula is C24H20N2O3. The smallest absolute Gasteiger partial charge is 0.295 e. The van der Waals surface area contributed by atoms with E-state index in [0.717, 1.165) is 16.7 Å². The molecule has 1 fully saturated rings. The number of aryl methyl sites for hydroxylation is 1. The molecule has 5 heteroatoms. The third-order valence-corrected chi connectivity index (χ3v) is 5.06. The van der Waals surface area contributed by atoms with Crippen LogP contribution in [0.2, 0.25) is 0 Å². The van der Waals surface area contributed by atoms with Crippen LogP contribution in [0.4, 0.5) is 0 Å². The number of aliphatic hydroxyl groups is 1. The van der Waals surface area contributed by atoms with Crippen LogP contribution in [0.1, 0.15) is 28.3 Å². The molecule has 1 N–H and O–H groups in total. The van der Waals surface area contributed by atoms with E-state index in [1.54, 1.807) is 42.7 Å². The van der Waals surface area contributed by atoms with Crippen molar-refractivity contribution in [2.24, 2.45) is 0 Å². The molecule has 5 nitrogen and oxygen atoms in total. The number of pyridine rings is 1. The summed E-state index contributed by atoms with van der Waals surface area (Å²) >= 11 is 0. The Bertz CT molecular complexity index is 1070. The SMILES string of the molecule is Cc1ccc(C2/C(=C(/O)c3ccccc3)C(=O)C(=O)N2Cc2cccnc2)cc1. The van der Waals surface area contributed by atoms with E-state index in [1.165, 1.54) is 4.90 Å². The molecule has 1 atom stereocenters. The number of nitrogens with zero attached hydrogens (tertiary/aromatic N) is 2. The lowest BCUT2D eigenvalue weighted by molar-refractivity contribution is -0.140. The van der Waals surface area contributed by atoms with Crippen molar-refractivity contribution < 1.29 is 14.7 Å². The van der Waals surface area contributed by atoms with Gasteiger partial charge in [-0.15, -0.1) is 0 Å². The van der Waals surface area contributed by atoms with E-state index in [2.05, 4.69) is 4.98 Å². The van der Waals surface area contributed by atoms with Crippen molar-refractivity contribution in [1.29, 1.82) is 0 Å². The minimum absolute atomic E-state index is 0.106. The summed E-state index contributed by atoms with van der Waals surface area (Å²) in [4.78, 5) is 31.5. The predicted molar refractivity (Wildman–Crippen MR) is 110 cm³/mol. The van der Waals surface area contributed by atoms with Crippen molar-refractivity contribution in [2.45, 2.75) is 19.5 Å². The first-order valence-corrected chi connectivity index (χ1v) is 9.35. The number of amides is 1. The fraction of sp³-hybridized carbons (Fsp3) is 0.125. The summed E-state index contributed by atoms with van der Waals surface area (Å²) in [7, 11) is 0. The molecule has 1 saturated heterocycles. The van der Waals surface area contributed by atoms with Crippen molar-refractivity contribution in [3.05, 3.63) is 107 Å². The highest BCUT2D eigenvalue weighted by Gasteiger charge is 2.46. The summed E-state index contributed by atoms with van der Waals surface area (Å²) in [6.45, 7) is 2.20. The van der Waals surface area contributed by atoms with E-state index in [0.29, 0.717) is 5.56 Å². The summed E-state index contributed by atoms with van der Waals surface area (Å²) in [5.41, 5.74) is 3.27. The van der Waals surface area contributed by atoms with E-state index < -0.39 is 17.7 Å². The number of carbonyl (C=O) groups is 2. The Balaban J connectivity index is 1.86. The van der Waals surface area contributed by atoms with E-state index >= 15 is 0 Å². The molecule has 0 aliphatic carbocycles. The third kappa shape index (κ3) is 3.55. The number of rotatable bonds is 4. The first kappa shape index (κ1) is 18.6. The average molecular weight is 384 g/mol. The molecule has 144 valence electrons. The Kier molecular flexibility index (Phi) is 4.96. The molecule has 4 rings (SSSR count).